The molecule has 1 aliphatic carbocycles. The summed E-state index contributed by atoms with van der Waals surface area (Å²) in [5.41, 5.74) is 6.41. The van der Waals surface area contributed by atoms with Gasteiger partial charge in [-0.3, -0.25) is 9.78 Å². The maximum atomic E-state index is 12.6. The van der Waals surface area contributed by atoms with E-state index in [2.05, 4.69) is 10.3 Å². The molecule has 1 amide bonds. The molecule has 1 aliphatic rings. The SMILES string of the molecule is CCOC1CC(N)(C(=O)Nc2ccc3oc(=O)[nH]c3c2)C1(C)C.Cl. The van der Waals surface area contributed by atoms with Gasteiger partial charge in [-0.2, -0.15) is 0 Å². The predicted octanol–water partition coefficient (Wildman–Crippen LogP) is 2.01. The first kappa shape index (κ1) is 18.5. The zero-order chi connectivity index (χ0) is 16.8. The maximum absolute atomic E-state index is 12.6. The molecule has 0 radical (unpaired) electrons. The predicted molar refractivity (Wildman–Crippen MR) is 93.4 cm³/mol. The highest BCUT2D eigenvalue weighted by Crippen LogP contribution is 2.50. The molecule has 24 heavy (non-hydrogen) atoms. The van der Waals surface area contributed by atoms with Crippen LogP contribution in [-0.4, -0.2) is 29.1 Å². The minimum atomic E-state index is -0.994. The number of nitrogens with two attached hydrogens (primary N) is 1. The van der Waals surface area contributed by atoms with Crippen LogP contribution in [0.3, 0.4) is 0 Å². The number of anilines is 1. The molecule has 1 aromatic carbocycles. The molecule has 7 nitrogen and oxygen atoms in total. The molecule has 0 saturated heterocycles. The summed E-state index contributed by atoms with van der Waals surface area (Å²) in [7, 11) is 0. The third-order valence-electron chi connectivity index (χ3n) is 4.91. The van der Waals surface area contributed by atoms with Crippen LogP contribution < -0.4 is 16.8 Å². The van der Waals surface area contributed by atoms with E-state index >= 15 is 0 Å². The first-order valence-electron chi connectivity index (χ1n) is 7.63. The standard InChI is InChI=1S/C16H21N3O4.ClH/c1-4-22-12-8-16(17,15(12,2)3)13(20)18-9-5-6-11-10(7-9)19-14(21)23-11;/h5-7,12H,4,8,17H2,1-3H3,(H,18,20)(H,19,21);1H. The van der Waals surface area contributed by atoms with E-state index < -0.39 is 16.7 Å². The van der Waals surface area contributed by atoms with E-state index in [0.29, 0.717) is 29.8 Å². The lowest BCUT2D eigenvalue weighted by molar-refractivity contribution is -0.166. The van der Waals surface area contributed by atoms with Crippen LogP contribution in [0.2, 0.25) is 0 Å². The van der Waals surface area contributed by atoms with Crippen LogP contribution >= 0.6 is 12.4 Å². The second-order valence-corrected chi connectivity index (χ2v) is 6.52. The molecule has 2 aromatic rings. The number of ether oxygens (including phenoxy) is 1. The smallest absolute Gasteiger partial charge is 0.408 e. The van der Waals surface area contributed by atoms with Crippen molar-refractivity contribution in [1.82, 2.24) is 4.98 Å². The third kappa shape index (κ3) is 2.72. The maximum Gasteiger partial charge on any atom is 0.417 e. The van der Waals surface area contributed by atoms with E-state index in [9.17, 15) is 9.59 Å². The van der Waals surface area contributed by atoms with Crippen molar-refractivity contribution in [2.75, 3.05) is 11.9 Å². The Morgan fingerprint density at radius 1 is 1.50 bits per heavy atom. The van der Waals surface area contributed by atoms with Gasteiger partial charge in [-0.15, -0.1) is 12.4 Å². The monoisotopic (exact) mass is 355 g/mol. The summed E-state index contributed by atoms with van der Waals surface area (Å²) in [5, 5.41) is 2.82. The lowest BCUT2D eigenvalue weighted by Gasteiger charge is -2.57. The molecular formula is C16H22ClN3O4. The van der Waals surface area contributed by atoms with Crippen molar-refractivity contribution in [3.05, 3.63) is 28.7 Å². The van der Waals surface area contributed by atoms with Crippen LogP contribution in [-0.2, 0) is 9.53 Å². The van der Waals surface area contributed by atoms with Crippen molar-refractivity contribution in [3.63, 3.8) is 0 Å². The number of rotatable bonds is 4. The highest BCUT2D eigenvalue weighted by atomic mass is 35.5. The van der Waals surface area contributed by atoms with Crippen LogP contribution in [0.5, 0.6) is 0 Å². The van der Waals surface area contributed by atoms with Gasteiger partial charge in [0.25, 0.3) is 0 Å². The number of amides is 1. The van der Waals surface area contributed by atoms with E-state index in [1.54, 1.807) is 18.2 Å². The van der Waals surface area contributed by atoms with E-state index in [4.69, 9.17) is 14.9 Å². The fraction of sp³-hybridized carbons (Fsp3) is 0.500. The number of carbonyl (C=O) groups excluding carboxylic acids is 1. The van der Waals surface area contributed by atoms with Crippen LogP contribution in [0.4, 0.5) is 5.69 Å². The van der Waals surface area contributed by atoms with Crippen molar-refractivity contribution >= 4 is 35.1 Å². The van der Waals surface area contributed by atoms with Gasteiger partial charge in [0.05, 0.1) is 11.6 Å². The lowest BCUT2D eigenvalue weighted by Crippen LogP contribution is -2.74. The van der Waals surface area contributed by atoms with Gasteiger partial charge in [0.1, 0.15) is 5.54 Å². The van der Waals surface area contributed by atoms with Crippen LogP contribution in [0.25, 0.3) is 11.1 Å². The highest BCUT2D eigenvalue weighted by Gasteiger charge is 2.62. The first-order valence-corrected chi connectivity index (χ1v) is 7.63. The summed E-state index contributed by atoms with van der Waals surface area (Å²) in [6.07, 6.45) is 0.445. The highest BCUT2D eigenvalue weighted by molar-refractivity contribution is 6.00. The zero-order valence-electron chi connectivity index (χ0n) is 13.8. The van der Waals surface area contributed by atoms with E-state index in [1.807, 2.05) is 20.8 Å². The number of benzene rings is 1. The molecule has 4 N–H and O–H groups in total. The molecule has 1 heterocycles. The number of oxazole rings is 1. The Morgan fingerprint density at radius 3 is 2.83 bits per heavy atom. The summed E-state index contributed by atoms with van der Waals surface area (Å²) in [4.78, 5) is 26.4. The average molecular weight is 356 g/mol. The summed E-state index contributed by atoms with van der Waals surface area (Å²) >= 11 is 0. The summed E-state index contributed by atoms with van der Waals surface area (Å²) in [6.45, 7) is 6.39. The Kier molecular flexibility index (Phi) is 4.81. The van der Waals surface area contributed by atoms with Crippen molar-refractivity contribution < 1.29 is 13.9 Å². The molecule has 1 fully saturated rings. The summed E-state index contributed by atoms with van der Waals surface area (Å²) in [5.74, 6) is -0.790. The second-order valence-electron chi connectivity index (χ2n) is 6.52. The largest absolute Gasteiger partial charge is 0.417 e. The quantitative estimate of drug-likeness (QED) is 0.777. The van der Waals surface area contributed by atoms with Gasteiger partial charge in [0.2, 0.25) is 5.91 Å². The van der Waals surface area contributed by atoms with Crippen LogP contribution in [0, 0.1) is 5.41 Å². The number of fused-ring (bicyclic) bond motifs is 1. The molecular weight excluding hydrogens is 334 g/mol. The van der Waals surface area contributed by atoms with Crippen molar-refractivity contribution in [2.24, 2.45) is 11.1 Å². The Morgan fingerprint density at radius 2 is 2.21 bits per heavy atom. The number of halogens is 1. The topological polar surface area (TPSA) is 110 Å². The van der Waals surface area contributed by atoms with Crippen LogP contribution in [0.15, 0.2) is 27.4 Å². The van der Waals surface area contributed by atoms with E-state index in [0.717, 1.165) is 0 Å². The van der Waals surface area contributed by atoms with Crippen molar-refractivity contribution in [3.8, 4) is 0 Å². The molecule has 2 atom stereocenters. The minimum absolute atomic E-state index is 0. The van der Waals surface area contributed by atoms with E-state index in [1.165, 1.54) is 0 Å². The van der Waals surface area contributed by atoms with Gasteiger partial charge in [-0.25, -0.2) is 4.79 Å². The van der Waals surface area contributed by atoms with Gasteiger partial charge in [-0.05, 0) is 25.1 Å². The fourth-order valence-electron chi connectivity index (χ4n) is 3.09. The molecule has 8 heteroatoms. The molecule has 3 rings (SSSR count). The van der Waals surface area contributed by atoms with Gasteiger partial charge in [0.15, 0.2) is 5.58 Å². The Bertz CT molecular complexity index is 813. The Labute approximate surface area is 145 Å². The summed E-state index contributed by atoms with van der Waals surface area (Å²) < 4.78 is 10.6. The van der Waals surface area contributed by atoms with Crippen molar-refractivity contribution in [2.45, 2.75) is 38.8 Å². The number of nitrogens with one attached hydrogen (secondary N) is 2. The fourth-order valence-corrected chi connectivity index (χ4v) is 3.09. The molecule has 1 aromatic heterocycles. The minimum Gasteiger partial charge on any atom is -0.408 e. The summed E-state index contributed by atoms with van der Waals surface area (Å²) in [6, 6.07) is 4.94. The Balaban J connectivity index is 0.00000208. The molecule has 0 bridgehead atoms. The zero-order valence-corrected chi connectivity index (χ0v) is 14.7. The average Bonchev–Trinajstić information content (AvgIpc) is 2.86. The first-order chi connectivity index (χ1) is 10.8. The number of carbonyl (C=O) groups is 1. The van der Waals surface area contributed by atoms with E-state index in [-0.39, 0.29) is 24.4 Å². The molecule has 0 aliphatic heterocycles. The van der Waals surface area contributed by atoms with Gasteiger partial charge in [0, 0.05) is 24.1 Å². The molecule has 2 unspecified atom stereocenters. The van der Waals surface area contributed by atoms with Crippen LogP contribution in [0.1, 0.15) is 27.2 Å². The lowest BCUT2D eigenvalue weighted by atomic mass is 9.54. The van der Waals surface area contributed by atoms with Gasteiger partial charge >= 0.3 is 5.76 Å². The number of hydrogen-bond donors (Lipinski definition) is 3. The Hall–Kier alpha value is -1.83. The number of aromatic nitrogens is 1. The normalized spacial score (nSPS) is 24.9. The van der Waals surface area contributed by atoms with Gasteiger partial charge in [-0.1, -0.05) is 13.8 Å². The van der Waals surface area contributed by atoms with Crippen molar-refractivity contribution in [1.29, 1.82) is 0 Å². The third-order valence-corrected chi connectivity index (χ3v) is 4.91. The number of hydrogen-bond acceptors (Lipinski definition) is 5. The number of H-pyrrole nitrogens is 1. The molecule has 0 spiro atoms. The molecule has 132 valence electrons. The molecule has 1 saturated carbocycles. The second kappa shape index (κ2) is 6.23. The van der Waals surface area contributed by atoms with Gasteiger partial charge < -0.3 is 20.2 Å². The number of aromatic amines is 1.